The normalized spacial score (nSPS) is 20.4. The Morgan fingerprint density at radius 1 is 1.28 bits per heavy atom. The summed E-state index contributed by atoms with van der Waals surface area (Å²) < 4.78 is 2.06. The van der Waals surface area contributed by atoms with Gasteiger partial charge in [-0.2, -0.15) is 0 Å². The first kappa shape index (κ1) is 16.4. The summed E-state index contributed by atoms with van der Waals surface area (Å²) >= 11 is 1.19. The number of hydrogen-bond acceptors (Lipinski definition) is 6. The molecule has 1 aliphatic carbocycles. The standard InChI is InChI=1S/C18H17AsN4OS/c1-18(8-4-5-12(24)9-18)15-11-20-23-17(22-15)19-10-16-21-13-6-2-3-7-14(13)25-16/h2-8,11,19,24H,9-10H2,1H3. The molecule has 0 saturated heterocycles. The van der Waals surface area contributed by atoms with E-state index >= 15 is 0 Å². The molecule has 3 aromatic rings. The molecule has 0 amide bonds. The predicted molar refractivity (Wildman–Crippen MR) is 102 cm³/mol. The van der Waals surface area contributed by atoms with Crippen molar-refractivity contribution < 1.29 is 5.11 Å². The third-order valence-electron chi connectivity index (χ3n) is 4.18. The van der Waals surface area contributed by atoms with E-state index in [4.69, 9.17) is 4.98 Å². The van der Waals surface area contributed by atoms with Crippen molar-refractivity contribution in [3.8, 4) is 0 Å². The summed E-state index contributed by atoms with van der Waals surface area (Å²) in [7, 11) is 0. The fourth-order valence-corrected chi connectivity index (χ4v) is 6.01. The molecule has 7 heteroatoms. The molecule has 2 atom stereocenters. The van der Waals surface area contributed by atoms with Crippen LogP contribution in [0.2, 0.25) is 0 Å². The molecule has 1 N–H and O–H groups in total. The summed E-state index contributed by atoms with van der Waals surface area (Å²) in [6.07, 6.45) is 7.90. The molecule has 126 valence electrons. The number of thiazole rings is 1. The van der Waals surface area contributed by atoms with Crippen LogP contribution in [0.4, 0.5) is 0 Å². The number of aliphatic hydroxyl groups is 1. The van der Waals surface area contributed by atoms with E-state index < -0.39 is 15.8 Å². The molecule has 5 nitrogen and oxygen atoms in total. The molecular weight excluding hydrogens is 395 g/mol. The second-order valence-corrected chi connectivity index (χ2v) is 9.74. The Kier molecular flexibility index (Phi) is 4.40. The van der Waals surface area contributed by atoms with Crippen LogP contribution >= 0.6 is 11.3 Å². The summed E-state index contributed by atoms with van der Waals surface area (Å²) in [6.45, 7) is 2.06. The molecule has 1 aliphatic rings. The van der Waals surface area contributed by atoms with E-state index in [2.05, 4.69) is 34.2 Å². The van der Waals surface area contributed by atoms with E-state index in [1.54, 1.807) is 23.6 Å². The van der Waals surface area contributed by atoms with Crippen molar-refractivity contribution in [2.24, 2.45) is 0 Å². The molecule has 1 aromatic carbocycles. The Morgan fingerprint density at radius 3 is 3.00 bits per heavy atom. The third-order valence-corrected chi connectivity index (χ3v) is 7.94. The van der Waals surface area contributed by atoms with Crippen LogP contribution in [0.15, 0.2) is 54.4 Å². The second kappa shape index (κ2) is 6.69. The van der Waals surface area contributed by atoms with Crippen LogP contribution in [-0.4, -0.2) is 41.0 Å². The Balaban J connectivity index is 1.52. The van der Waals surface area contributed by atoms with Gasteiger partial charge in [0.15, 0.2) is 0 Å². The zero-order chi connectivity index (χ0) is 17.3. The molecule has 2 aromatic heterocycles. The molecule has 0 radical (unpaired) electrons. The summed E-state index contributed by atoms with van der Waals surface area (Å²) in [5.41, 5.74) is 1.59. The van der Waals surface area contributed by atoms with Crippen LogP contribution in [0.25, 0.3) is 10.2 Å². The van der Waals surface area contributed by atoms with Crippen LogP contribution in [0.1, 0.15) is 24.0 Å². The number of para-hydroxylation sites is 1. The summed E-state index contributed by atoms with van der Waals surface area (Å²) in [5.74, 6) is 0.371. The molecule has 2 unspecified atom stereocenters. The van der Waals surface area contributed by atoms with E-state index in [1.807, 2.05) is 24.3 Å². The Labute approximate surface area is 156 Å². The van der Waals surface area contributed by atoms with Gasteiger partial charge in [-0.25, -0.2) is 0 Å². The van der Waals surface area contributed by atoms with Crippen LogP contribution in [0.3, 0.4) is 0 Å². The number of fused-ring (bicyclic) bond motifs is 1. The maximum atomic E-state index is 9.84. The molecular formula is C18H17AsN4OS. The first-order valence-electron chi connectivity index (χ1n) is 7.98. The average Bonchev–Trinajstić information content (AvgIpc) is 3.03. The van der Waals surface area contributed by atoms with Gasteiger partial charge in [-0.1, -0.05) is 0 Å². The number of rotatable bonds is 4. The van der Waals surface area contributed by atoms with Crippen molar-refractivity contribution >= 4 is 41.9 Å². The average molecular weight is 412 g/mol. The second-order valence-electron chi connectivity index (χ2n) is 6.21. The Morgan fingerprint density at radius 2 is 2.16 bits per heavy atom. The van der Waals surface area contributed by atoms with Crippen molar-refractivity contribution in [1.29, 1.82) is 0 Å². The van der Waals surface area contributed by atoms with Gasteiger partial charge in [-0.3, -0.25) is 0 Å². The van der Waals surface area contributed by atoms with Gasteiger partial charge in [-0.05, 0) is 0 Å². The number of nitrogens with zero attached hydrogens (tertiary/aromatic N) is 4. The quantitative estimate of drug-likeness (QED) is 0.667. The minimum atomic E-state index is -0.551. The van der Waals surface area contributed by atoms with Crippen molar-refractivity contribution in [3.05, 3.63) is 65.2 Å². The van der Waals surface area contributed by atoms with Crippen molar-refractivity contribution in [3.63, 3.8) is 0 Å². The summed E-state index contributed by atoms with van der Waals surface area (Å²) in [4.78, 5) is 9.43. The van der Waals surface area contributed by atoms with Crippen LogP contribution in [0, 0.1) is 0 Å². The number of aromatic nitrogens is 4. The van der Waals surface area contributed by atoms with Crippen molar-refractivity contribution in [1.82, 2.24) is 20.2 Å². The number of aliphatic hydroxyl groups excluding tert-OH is 1. The Bertz CT molecular complexity index is 951. The third kappa shape index (κ3) is 3.50. The predicted octanol–water partition coefficient (Wildman–Crippen LogP) is 2.40. The summed E-state index contributed by atoms with van der Waals surface area (Å²) in [5, 5.41) is 20.3. The maximum absolute atomic E-state index is 9.84. The van der Waals surface area contributed by atoms with E-state index in [0.29, 0.717) is 12.2 Å². The van der Waals surface area contributed by atoms with E-state index in [1.165, 1.54) is 4.70 Å². The molecule has 0 aliphatic heterocycles. The van der Waals surface area contributed by atoms with Gasteiger partial charge in [0, 0.05) is 0 Å². The molecule has 0 saturated carbocycles. The molecule has 0 bridgehead atoms. The van der Waals surface area contributed by atoms with Gasteiger partial charge in [0.2, 0.25) is 0 Å². The SMILES string of the molecule is CC1(c2cnnc([AsH]Cc3nc4ccccc4s3)n2)C=CC=C(O)C1. The topological polar surface area (TPSA) is 71.8 Å². The van der Waals surface area contributed by atoms with Gasteiger partial charge in [0.1, 0.15) is 0 Å². The van der Waals surface area contributed by atoms with Crippen molar-refractivity contribution in [2.45, 2.75) is 24.0 Å². The molecule has 2 heterocycles. The van der Waals surface area contributed by atoms with Crippen molar-refractivity contribution in [2.75, 3.05) is 0 Å². The molecule has 0 fully saturated rings. The first-order chi connectivity index (χ1) is 12.1. The van der Waals surface area contributed by atoms with Crippen LogP contribution < -0.4 is 4.61 Å². The Hall–Kier alpha value is -2.04. The monoisotopic (exact) mass is 412 g/mol. The van der Waals surface area contributed by atoms with Crippen LogP contribution in [0.5, 0.6) is 0 Å². The zero-order valence-electron chi connectivity index (χ0n) is 13.7. The fourth-order valence-electron chi connectivity index (χ4n) is 2.85. The van der Waals surface area contributed by atoms with E-state index in [9.17, 15) is 5.11 Å². The van der Waals surface area contributed by atoms with Gasteiger partial charge in [0.25, 0.3) is 0 Å². The molecule has 25 heavy (non-hydrogen) atoms. The van der Waals surface area contributed by atoms with E-state index in [-0.39, 0.29) is 5.41 Å². The van der Waals surface area contributed by atoms with Gasteiger partial charge >= 0.3 is 156 Å². The molecule has 4 rings (SSSR count). The summed E-state index contributed by atoms with van der Waals surface area (Å²) in [6, 6.07) is 8.20. The fraction of sp³-hybridized carbons (Fsp3) is 0.222. The van der Waals surface area contributed by atoms with Gasteiger partial charge < -0.3 is 0 Å². The number of allylic oxidation sites excluding steroid dienone is 4. The van der Waals surface area contributed by atoms with Crippen LogP contribution in [-0.2, 0) is 10.6 Å². The molecule has 0 spiro atoms. The zero-order valence-corrected chi connectivity index (χ0v) is 16.6. The van der Waals surface area contributed by atoms with Gasteiger partial charge in [0.05, 0.1) is 0 Å². The number of benzene rings is 1. The number of hydrogen-bond donors (Lipinski definition) is 1. The first-order valence-corrected chi connectivity index (χ1v) is 11.3. The minimum absolute atomic E-state index is 0.328. The van der Waals surface area contributed by atoms with Gasteiger partial charge in [-0.15, -0.1) is 0 Å². The van der Waals surface area contributed by atoms with E-state index in [0.717, 1.165) is 26.0 Å².